The Morgan fingerprint density at radius 2 is 2.00 bits per heavy atom. The summed E-state index contributed by atoms with van der Waals surface area (Å²) in [5.74, 6) is 0. The third-order valence-corrected chi connectivity index (χ3v) is 5.13. The van der Waals surface area contributed by atoms with E-state index in [0.29, 0.717) is 15.2 Å². The van der Waals surface area contributed by atoms with Crippen molar-refractivity contribution in [3.63, 3.8) is 0 Å². The van der Waals surface area contributed by atoms with Crippen molar-refractivity contribution in [2.75, 3.05) is 5.32 Å². The highest BCUT2D eigenvalue weighted by molar-refractivity contribution is 8.01. The van der Waals surface area contributed by atoms with Crippen molar-refractivity contribution in [2.45, 2.75) is 23.2 Å². The van der Waals surface area contributed by atoms with Gasteiger partial charge in [-0.1, -0.05) is 29.0 Å². The molecular formula is C15H11ClN6S2. The van der Waals surface area contributed by atoms with E-state index >= 15 is 0 Å². The summed E-state index contributed by atoms with van der Waals surface area (Å²) < 4.78 is 0.720. The Morgan fingerprint density at radius 3 is 2.67 bits per heavy atom. The predicted octanol–water partition coefficient (Wildman–Crippen LogP) is 4.36. The van der Waals surface area contributed by atoms with E-state index < -0.39 is 0 Å². The van der Waals surface area contributed by atoms with Gasteiger partial charge in [-0.15, -0.1) is 20.4 Å². The number of aromatic nitrogens is 4. The molecule has 0 atom stereocenters. The topological polar surface area (TPSA) is 87.4 Å². The summed E-state index contributed by atoms with van der Waals surface area (Å²) in [5, 5.41) is 29.9. The molecule has 0 aliphatic carbocycles. The van der Waals surface area contributed by atoms with Crippen molar-refractivity contribution in [1.82, 2.24) is 20.4 Å². The van der Waals surface area contributed by atoms with Gasteiger partial charge in [0.1, 0.15) is 11.1 Å². The fraction of sp³-hybridized carbons (Fsp3) is 0.133. The second-order valence-corrected chi connectivity index (χ2v) is 7.56. The van der Waals surface area contributed by atoms with Gasteiger partial charge >= 0.3 is 0 Å². The highest BCUT2D eigenvalue weighted by Crippen LogP contribution is 2.34. The van der Waals surface area contributed by atoms with Gasteiger partial charge in [-0.25, -0.2) is 0 Å². The van der Waals surface area contributed by atoms with E-state index in [1.54, 1.807) is 12.1 Å². The van der Waals surface area contributed by atoms with Gasteiger partial charge in [-0.2, -0.15) is 5.26 Å². The molecule has 3 aromatic rings. The van der Waals surface area contributed by atoms with Crippen LogP contribution in [-0.4, -0.2) is 20.4 Å². The Bertz CT molecular complexity index is 893. The number of nitriles is 1. The van der Waals surface area contributed by atoms with Crippen LogP contribution in [0.3, 0.4) is 0 Å². The molecule has 3 rings (SSSR count). The van der Waals surface area contributed by atoms with Gasteiger partial charge in [0.2, 0.25) is 5.13 Å². The number of hydrogen-bond donors (Lipinski definition) is 1. The van der Waals surface area contributed by atoms with Crippen molar-refractivity contribution >= 4 is 45.5 Å². The zero-order chi connectivity index (χ0) is 17.1. The summed E-state index contributed by atoms with van der Waals surface area (Å²) in [7, 11) is 0. The summed E-state index contributed by atoms with van der Waals surface area (Å²) in [5.41, 5.74) is 3.26. The Balaban J connectivity index is 1.75. The molecule has 0 spiro atoms. The molecule has 2 aromatic heterocycles. The summed E-state index contributed by atoms with van der Waals surface area (Å²) in [6.45, 7) is 3.99. The maximum absolute atomic E-state index is 8.72. The first kappa shape index (κ1) is 16.6. The molecule has 2 heterocycles. The molecule has 24 heavy (non-hydrogen) atoms. The van der Waals surface area contributed by atoms with E-state index in [-0.39, 0.29) is 5.69 Å². The average molecular weight is 375 g/mol. The standard InChI is InChI=1S/C15H11ClN6S2/c1-8-5-9(2)13(11(16)6-8)18-14-21-22-15(24-14)23-12-4-3-10(7-17)19-20-12/h3-6H,1-2H3,(H,18,21). The fourth-order valence-electron chi connectivity index (χ4n) is 2.01. The second kappa shape index (κ2) is 7.13. The Morgan fingerprint density at radius 1 is 1.17 bits per heavy atom. The molecule has 0 saturated heterocycles. The Labute approximate surface area is 151 Å². The number of nitrogens with one attached hydrogen (secondary N) is 1. The van der Waals surface area contributed by atoms with Crippen LogP contribution in [0.4, 0.5) is 10.8 Å². The van der Waals surface area contributed by atoms with E-state index in [4.69, 9.17) is 16.9 Å². The van der Waals surface area contributed by atoms with E-state index in [2.05, 4.69) is 31.8 Å². The highest BCUT2D eigenvalue weighted by atomic mass is 35.5. The fourth-order valence-corrected chi connectivity index (χ4v) is 3.99. The van der Waals surface area contributed by atoms with Crippen LogP contribution in [0, 0.1) is 25.2 Å². The Hall–Kier alpha value is -2.21. The molecule has 0 fully saturated rings. The lowest BCUT2D eigenvalue weighted by molar-refractivity contribution is 0.912. The molecule has 6 nitrogen and oxygen atoms in total. The number of rotatable bonds is 4. The normalized spacial score (nSPS) is 10.4. The predicted molar refractivity (Wildman–Crippen MR) is 95.0 cm³/mol. The molecule has 0 aliphatic heterocycles. The Kier molecular flexibility index (Phi) is 4.94. The first-order valence-corrected chi connectivity index (χ1v) is 8.85. The molecular weight excluding hydrogens is 364 g/mol. The molecule has 0 unspecified atom stereocenters. The van der Waals surface area contributed by atoms with Crippen LogP contribution in [0.25, 0.3) is 0 Å². The molecule has 1 aromatic carbocycles. The smallest absolute Gasteiger partial charge is 0.210 e. The van der Waals surface area contributed by atoms with Crippen LogP contribution >= 0.6 is 34.7 Å². The van der Waals surface area contributed by atoms with Crippen molar-refractivity contribution in [3.05, 3.63) is 46.1 Å². The van der Waals surface area contributed by atoms with E-state index in [1.165, 1.54) is 23.1 Å². The van der Waals surface area contributed by atoms with Crippen LogP contribution in [-0.2, 0) is 0 Å². The van der Waals surface area contributed by atoms with E-state index in [9.17, 15) is 0 Å². The van der Waals surface area contributed by atoms with Gasteiger partial charge in [0.25, 0.3) is 0 Å². The lowest BCUT2D eigenvalue weighted by atomic mass is 10.1. The lowest BCUT2D eigenvalue weighted by Gasteiger charge is -2.09. The van der Waals surface area contributed by atoms with Gasteiger partial charge in [0.15, 0.2) is 10.0 Å². The van der Waals surface area contributed by atoms with Crippen LogP contribution in [0.5, 0.6) is 0 Å². The van der Waals surface area contributed by atoms with Gasteiger partial charge in [0.05, 0.1) is 10.7 Å². The van der Waals surface area contributed by atoms with Crippen LogP contribution in [0.2, 0.25) is 5.02 Å². The van der Waals surface area contributed by atoms with Gasteiger partial charge in [-0.05, 0) is 54.9 Å². The van der Waals surface area contributed by atoms with Gasteiger partial charge < -0.3 is 5.32 Å². The van der Waals surface area contributed by atoms with Crippen LogP contribution < -0.4 is 5.32 Å². The van der Waals surface area contributed by atoms with Gasteiger partial charge in [-0.3, -0.25) is 0 Å². The summed E-state index contributed by atoms with van der Waals surface area (Å²) >= 11 is 9.02. The molecule has 0 amide bonds. The zero-order valence-corrected chi connectivity index (χ0v) is 15.1. The first-order valence-electron chi connectivity index (χ1n) is 6.84. The molecule has 9 heteroatoms. The number of halogens is 1. The van der Waals surface area contributed by atoms with Crippen molar-refractivity contribution in [3.8, 4) is 6.07 Å². The van der Waals surface area contributed by atoms with E-state index in [1.807, 2.05) is 26.0 Å². The summed E-state index contributed by atoms with van der Waals surface area (Å²) in [4.78, 5) is 0. The van der Waals surface area contributed by atoms with Gasteiger partial charge in [0, 0.05) is 0 Å². The summed E-state index contributed by atoms with van der Waals surface area (Å²) in [6, 6.07) is 9.23. The van der Waals surface area contributed by atoms with E-state index in [0.717, 1.165) is 21.2 Å². The van der Waals surface area contributed by atoms with Crippen molar-refractivity contribution in [2.24, 2.45) is 0 Å². The van der Waals surface area contributed by atoms with Crippen LogP contribution in [0.1, 0.15) is 16.8 Å². The maximum Gasteiger partial charge on any atom is 0.210 e. The number of anilines is 2. The number of benzene rings is 1. The largest absolute Gasteiger partial charge is 0.329 e. The second-order valence-electron chi connectivity index (χ2n) is 4.91. The van der Waals surface area contributed by atoms with Crippen molar-refractivity contribution < 1.29 is 0 Å². The third-order valence-electron chi connectivity index (χ3n) is 3.02. The number of nitrogens with zero attached hydrogens (tertiary/aromatic N) is 5. The maximum atomic E-state index is 8.72. The van der Waals surface area contributed by atoms with Crippen molar-refractivity contribution in [1.29, 1.82) is 5.26 Å². The first-order chi connectivity index (χ1) is 11.5. The van der Waals surface area contributed by atoms with Crippen LogP contribution in [0.15, 0.2) is 33.6 Å². The molecule has 0 aliphatic rings. The monoisotopic (exact) mass is 374 g/mol. The minimum Gasteiger partial charge on any atom is -0.329 e. The minimum absolute atomic E-state index is 0.281. The molecule has 120 valence electrons. The number of hydrogen-bond acceptors (Lipinski definition) is 8. The average Bonchev–Trinajstić information content (AvgIpc) is 2.99. The highest BCUT2D eigenvalue weighted by Gasteiger charge is 2.11. The molecule has 0 saturated carbocycles. The molecule has 0 bridgehead atoms. The third kappa shape index (κ3) is 3.82. The zero-order valence-electron chi connectivity index (χ0n) is 12.7. The quantitative estimate of drug-likeness (QED) is 0.725. The number of aryl methyl sites for hydroxylation is 2. The SMILES string of the molecule is Cc1cc(C)c(Nc2nnc(Sc3ccc(C#N)nn3)s2)c(Cl)c1. The summed E-state index contributed by atoms with van der Waals surface area (Å²) in [6.07, 6.45) is 0. The molecule has 0 radical (unpaired) electrons. The lowest BCUT2D eigenvalue weighted by Crippen LogP contribution is -1.94. The minimum atomic E-state index is 0.281. The molecule has 1 N–H and O–H groups in total.